The number of hydrogen-bond donors (Lipinski definition) is 0. The first kappa shape index (κ1) is 21.0. The highest BCUT2D eigenvalue weighted by Gasteiger charge is 2.51. The lowest BCUT2D eigenvalue weighted by atomic mass is 9.74. The molecule has 1 atom stereocenters. The van der Waals surface area contributed by atoms with E-state index in [0.717, 1.165) is 6.32 Å². The fourth-order valence-corrected chi connectivity index (χ4v) is 4.20. The molecular formula is C26H32BNO2. The SMILES string of the molecule is C/C(=C\[C@@H](CB1OC(C)(C)C(C)(C)O1)c1ccc2c(ccn2C)c1)c1ccccc1. The van der Waals surface area contributed by atoms with Crippen LogP contribution in [-0.2, 0) is 16.4 Å². The molecular weight excluding hydrogens is 369 g/mol. The minimum atomic E-state index is -0.316. The van der Waals surface area contributed by atoms with Crippen LogP contribution in [0.1, 0.15) is 51.7 Å². The number of nitrogens with zero attached hydrogens (tertiary/aromatic N) is 1. The van der Waals surface area contributed by atoms with Crippen LogP contribution in [0.2, 0.25) is 6.32 Å². The molecule has 2 heterocycles. The van der Waals surface area contributed by atoms with Crippen molar-refractivity contribution >= 4 is 23.6 Å². The van der Waals surface area contributed by atoms with Gasteiger partial charge in [0.15, 0.2) is 0 Å². The first-order valence-corrected chi connectivity index (χ1v) is 10.8. The summed E-state index contributed by atoms with van der Waals surface area (Å²) in [7, 11) is 1.86. The van der Waals surface area contributed by atoms with Gasteiger partial charge in [-0.2, -0.15) is 0 Å². The number of aromatic nitrogens is 1. The summed E-state index contributed by atoms with van der Waals surface area (Å²) in [6, 6.07) is 19.5. The summed E-state index contributed by atoms with van der Waals surface area (Å²) in [4.78, 5) is 0. The highest BCUT2D eigenvalue weighted by Crippen LogP contribution is 2.40. The van der Waals surface area contributed by atoms with E-state index in [4.69, 9.17) is 9.31 Å². The summed E-state index contributed by atoms with van der Waals surface area (Å²) in [5, 5.41) is 1.26. The number of aryl methyl sites for hydroxylation is 1. The molecule has 0 radical (unpaired) electrons. The molecule has 1 aromatic heterocycles. The monoisotopic (exact) mass is 401 g/mol. The second-order valence-corrected chi connectivity index (χ2v) is 9.49. The number of fused-ring (bicyclic) bond motifs is 1. The largest absolute Gasteiger partial charge is 0.458 e. The molecule has 4 rings (SSSR count). The van der Waals surface area contributed by atoms with Gasteiger partial charge in [0.05, 0.1) is 11.2 Å². The molecule has 0 spiro atoms. The Bertz CT molecular complexity index is 1050. The van der Waals surface area contributed by atoms with Gasteiger partial charge in [0.1, 0.15) is 0 Å². The van der Waals surface area contributed by atoms with Gasteiger partial charge in [-0.05, 0) is 81.2 Å². The van der Waals surface area contributed by atoms with Gasteiger partial charge >= 0.3 is 7.12 Å². The molecule has 0 aliphatic carbocycles. The topological polar surface area (TPSA) is 23.4 Å². The van der Waals surface area contributed by atoms with Crippen LogP contribution >= 0.6 is 0 Å². The normalized spacial score (nSPS) is 19.4. The van der Waals surface area contributed by atoms with Gasteiger partial charge in [-0.25, -0.2) is 0 Å². The van der Waals surface area contributed by atoms with E-state index in [1.165, 1.54) is 27.6 Å². The summed E-state index contributed by atoms with van der Waals surface area (Å²) in [6.07, 6.45) is 5.27. The Morgan fingerprint density at radius 1 is 1.00 bits per heavy atom. The van der Waals surface area contributed by atoms with Crippen molar-refractivity contribution in [3.05, 3.63) is 78.0 Å². The van der Waals surface area contributed by atoms with E-state index in [-0.39, 0.29) is 24.2 Å². The van der Waals surface area contributed by atoms with Crippen molar-refractivity contribution in [1.82, 2.24) is 4.57 Å². The molecule has 1 fully saturated rings. The fraction of sp³-hybridized carbons (Fsp3) is 0.385. The minimum absolute atomic E-state index is 0.199. The number of allylic oxidation sites excluding steroid dienone is 2. The lowest BCUT2D eigenvalue weighted by molar-refractivity contribution is 0.00578. The second kappa shape index (κ2) is 7.75. The molecule has 0 bridgehead atoms. The number of rotatable bonds is 5. The van der Waals surface area contributed by atoms with Crippen molar-refractivity contribution in [2.75, 3.05) is 0 Å². The van der Waals surface area contributed by atoms with E-state index < -0.39 is 0 Å². The van der Waals surface area contributed by atoms with Crippen molar-refractivity contribution in [2.24, 2.45) is 7.05 Å². The summed E-state index contributed by atoms with van der Waals surface area (Å²) in [5.41, 5.74) is 4.42. The maximum absolute atomic E-state index is 6.34. The van der Waals surface area contributed by atoms with Crippen molar-refractivity contribution < 1.29 is 9.31 Å². The molecule has 1 saturated heterocycles. The van der Waals surface area contributed by atoms with Gasteiger partial charge in [-0.1, -0.05) is 42.5 Å². The predicted molar refractivity (Wildman–Crippen MR) is 127 cm³/mol. The average Bonchev–Trinajstić information content (AvgIpc) is 3.16. The molecule has 3 nitrogen and oxygen atoms in total. The summed E-state index contributed by atoms with van der Waals surface area (Å²) in [6.45, 7) is 10.6. The Hall–Kier alpha value is -2.30. The zero-order valence-electron chi connectivity index (χ0n) is 19.0. The van der Waals surface area contributed by atoms with E-state index in [9.17, 15) is 0 Å². The van der Waals surface area contributed by atoms with Crippen LogP contribution in [0.25, 0.3) is 16.5 Å². The Labute approximate surface area is 180 Å². The summed E-state index contributed by atoms with van der Waals surface area (Å²) < 4.78 is 14.8. The zero-order chi connectivity index (χ0) is 21.5. The summed E-state index contributed by atoms with van der Waals surface area (Å²) >= 11 is 0. The maximum Gasteiger partial charge on any atom is 0.458 e. The van der Waals surface area contributed by atoms with E-state index in [1.807, 2.05) is 0 Å². The molecule has 0 saturated carbocycles. The molecule has 2 aromatic carbocycles. The van der Waals surface area contributed by atoms with Gasteiger partial charge in [-0.15, -0.1) is 0 Å². The van der Waals surface area contributed by atoms with Gasteiger partial charge in [0.25, 0.3) is 0 Å². The smallest absolute Gasteiger partial charge is 0.403 e. The van der Waals surface area contributed by atoms with Crippen molar-refractivity contribution in [3.63, 3.8) is 0 Å². The van der Waals surface area contributed by atoms with Crippen LogP contribution in [0.3, 0.4) is 0 Å². The molecule has 1 aliphatic heterocycles. The van der Waals surface area contributed by atoms with Crippen molar-refractivity contribution in [3.8, 4) is 0 Å². The van der Waals surface area contributed by atoms with E-state index in [0.29, 0.717) is 0 Å². The zero-order valence-corrected chi connectivity index (χ0v) is 19.0. The Kier molecular flexibility index (Phi) is 5.42. The molecule has 4 heteroatoms. The van der Waals surface area contributed by atoms with E-state index in [1.54, 1.807) is 0 Å². The molecule has 1 aliphatic rings. The van der Waals surface area contributed by atoms with Crippen LogP contribution in [-0.4, -0.2) is 22.9 Å². The van der Waals surface area contributed by atoms with Crippen LogP contribution in [0.15, 0.2) is 66.9 Å². The number of hydrogen-bond acceptors (Lipinski definition) is 2. The third-order valence-electron chi connectivity index (χ3n) is 6.77. The fourth-order valence-electron chi connectivity index (χ4n) is 4.20. The molecule has 0 amide bonds. The second-order valence-electron chi connectivity index (χ2n) is 9.49. The summed E-state index contributed by atoms with van der Waals surface area (Å²) in [5.74, 6) is 0.199. The third-order valence-corrected chi connectivity index (χ3v) is 6.77. The molecule has 156 valence electrons. The quantitative estimate of drug-likeness (QED) is 0.458. The Balaban J connectivity index is 1.69. The molecule has 0 N–H and O–H groups in total. The molecule has 3 aromatic rings. The van der Waals surface area contributed by atoms with Crippen molar-refractivity contribution in [2.45, 2.75) is 58.1 Å². The standard InChI is InChI=1S/C26H32BNO2/c1-19(20-10-8-7-9-11-20)16-23(18-27-29-25(2,3)26(4,5)30-27)21-12-13-24-22(17-21)14-15-28(24)6/h7-17,23H,18H2,1-6H3/b19-16+/t23-/m0/s1. The highest BCUT2D eigenvalue weighted by molar-refractivity contribution is 6.45. The van der Waals surface area contributed by atoms with Crippen LogP contribution in [0.5, 0.6) is 0 Å². The van der Waals surface area contributed by atoms with E-state index in [2.05, 4.69) is 113 Å². The highest BCUT2D eigenvalue weighted by atomic mass is 16.7. The lowest BCUT2D eigenvalue weighted by Gasteiger charge is -2.32. The van der Waals surface area contributed by atoms with Gasteiger partial charge in [0, 0.05) is 24.7 Å². The Morgan fingerprint density at radius 2 is 1.67 bits per heavy atom. The molecule has 30 heavy (non-hydrogen) atoms. The van der Waals surface area contributed by atoms with Gasteiger partial charge in [-0.3, -0.25) is 0 Å². The van der Waals surface area contributed by atoms with Gasteiger partial charge < -0.3 is 13.9 Å². The third kappa shape index (κ3) is 3.99. The average molecular weight is 401 g/mol. The van der Waals surface area contributed by atoms with Gasteiger partial charge in [0.2, 0.25) is 0 Å². The van der Waals surface area contributed by atoms with Crippen LogP contribution < -0.4 is 0 Å². The number of benzene rings is 2. The Morgan fingerprint density at radius 3 is 2.33 bits per heavy atom. The van der Waals surface area contributed by atoms with Crippen LogP contribution in [0, 0.1) is 0 Å². The lowest BCUT2D eigenvalue weighted by Crippen LogP contribution is -2.41. The van der Waals surface area contributed by atoms with Crippen molar-refractivity contribution in [1.29, 1.82) is 0 Å². The first-order chi connectivity index (χ1) is 14.2. The van der Waals surface area contributed by atoms with E-state index >= 15 is 0 Å². The first-order valence-electron chi connectivity index (χ1n) is 10.8. The minimum Gasteiger partial charge on any atom is -0.403 e. The maximum atomic E-state index is 6.34. The molecule has 0 unspecified atom stereocenters. The van der Waals surface area contributed by atoms with Crippen LogP contribution in [0.4, 0.5) is 0 Å². The predicted octanol–water partition coefficient (Wildman–Crippen LogP) is 6.46.